The highest BCUT2D eigenvalue weighted by molar-refractivity contribution is 5.95. The van der Waals surface area contributed by atoms with Gasteiger partial charge in [0.2, 0.25) is 6.19 Å². The summed E-state index contributed by atoms with van der Waals surface area (Å²) in [7, 11) is 0. The molecule has 0 atom stereocenters. The summed E-state index contributed by atoms with van der Waals surface area (Å²) in [5.41, 5.74) is 1.84. The van der Waals surface area contributed by atoms with Crippen LogP contribution in [0.3, 0.4) is 0 Å². The lowest BCUT2D eigenvalue weighted by molar-refractivity contribution is 0.0697. The fourth-order valence-electron chi connectivity index (χ4n) is 2.93. The summed E-state index contributed by atoms with van der Waals surface area (Å²) < 4.78 is 1.18. The van der Waals surface area contributed by atoms with Crippen molar-refractivity contribution in [2.24, 2.45) is 0 Å². The molecule has 0 aliphatic heterocycles. The number of nitriles is 1. The number of benzene rings is 1. The van der Waals surface area contributed by atoms with E-state index in [-0.39, 0.29) is 5.56 Å². The van der Waals surface area contributed by atoms with Gasteiger partial charge >= 0.3 is 5.97 Å². The number of carboxylic acid groups (broad SMARTS) is 1. The minimum atomic E-state index is -0.966. The molecule has 0 saturated heterocycles. The molecule has 5 heteroatoms. The summed E-state index contributed by atoms with van der Waals surface area (Å²) in [6.07, 6.45) is 8.12. The van der Waals surface area contributed by atoms with Gasteiger partial charge in [-0.3, -0.25) is 0 Å². The molecule has 19 heavy (non-hydrogen) atoms. The average molecular weight is 255 g/mol. The van der Waals surface area contributed by atoms with Gasteiger partial charge < -0.3 is 5.11 Å². The van der Waals surface area contributed by atoms with Gasteiger partial charge in [-0.25, -0.2) is 4.79 Å². The molecule has 1 aromatic carbocycles. The Hall–Kier alpha value is -2.35. The third-order valence-electron chi connectivity index (χ3n) is 3.86. The Morgan fingerprint density at radius 1 is 1.42 bits per heavy atom. The first kappa shape index (κ1) is 11.7. The van der Waals surface area contributed by atoms with Gasteiger partial charge in [-0.05, 0) is 36.5 Å². The Balaban J connectivity index is 2.26. The normalized spacial score (nSPS) is 15.7. The van der Waals surface area contributed by atoms with E-state index in [4.69, 9.17) is 5.26 Å². The van der Waals surface area contributed by atoms with Gasteiger partial charge in [0.1, 0.15) is 0 Å². The summed E-state index contributed by atoms with van der Waals surface area (Å²) in [5, 5.41) is 23.1. The molecule has 96 valence electrons. The van der Waals surface area contributed by atoms with Crippen LogP contribution in [-0.2, 0) is 0 Å². The van der Waals surface area contributed by atoms with Crippen molar-refractivity contribution in [2.75, 3.05) is 0 Å². The molecule has 1 aliphatic rings. The molecule has 1 fully saturated rings. The van der Waals surface area contributed by atoms with Crippen molar-refractivity contribution in [3.05, 3.63) is 29.5 Å². The monoisotopic (exact) mass is 255 g/mol. The van der Waals surface area contributed by atoms with E-state index in [0.29, 0.717) is 11.4 Å². The smallest absolute Gasteiger partial charge is 0.335 e. The third-order valence-corrected chi connectivity index (χ3v) is 3.86. The van der Waals surface area contributed by atoms with Crippen LogP contribution in [0.25, 0.3) is 10.9 Å². The molecule has 1 aliphatic carbocycles. The third kappa shape index (κ3) is 1.85. The Morgan fingerprint density at radius 3 is 2.79 bits per heavy atom. The number of hydrogen-bond donors (Lipinski definition) is 1. The summed E-state index contributed by atoms with van der Waals surface area (Å²) >= 11 is 0. The van der Waals surface area contributed by atoms with Crippen LogP contribution in [0.4, 0.5) is 0 Å². The topological polar surface area (TPSA) is 78.9 Å². The molecular formula is C14H13N3O2. The molecule has 0 bridgehead atoms. The predicted octanol–water partition coefficient (Wildman–Crippen LogP) is 2.72. The first-order valence-electron chi connectivity index (χ1n) is 6.36. The van der Waals surface area contributed by atoms with E-state index in [1.165, 1.54) is 23.6 Å². The lowest BCUT2D eigenvalue weighted by Crippen LogP contribution is -2.02. The van der Waals surface area contributed by atoms with Crippen molar-refractivity contribution >= 4 is 16.9 Å². The summed E-state index contributed by atoms with van der Waals surface area (Å²) in [5.74, 6) is -0.579. The number of rotatable bonds is 2. The first-order chi connectivity index (χ1) is 9.20. The van der Waals surface area contributed by atoms with Crippen molar-refractivity contribution in [3.8, 4) is 6.19 Å². The van der Waals surface area contributed by atoms with Crippen LogP contribution < -0.4 is 0 Å². The maximum atomic E-state index is 11.2. The molecule has 0 unspecified atom stereocenters. The van der Waals surface area contributed by atoms with Crippen molar-refractivity contribution in [1.82, 2.24) is 9.78 Å². The van der Waals surface area contributed by atoms with E-state index in [2.05, 4.69) is 5.10 Å². The van der Waals surface area contributed by atoms with E-state index in [1.54, 1.807) is 12.3 Å². The van der Waals surface area contributed by atoms with E-state index in [0.717, 1.165) is 23.8 Å². The van der Waals surface area contributed by atoms with Crippen LogP contribution in [-0.4, -0.2) is 20.9 Å². The fourth-order valence-corrected chi connectivity index (χ4v) is 2.93. The second-order valence-corrected chi connectivity index (χ2v) is 4.94. The molecule has 2 aromatic rings. The molecule has 1 saturated carbocycles. The number of hydrogen-bond acceptors (Lipinski definition) is 3. The minimum absolute atomic E-state index is 0.228. The zero-order valence-electron chi connectivity index (χ0n) is 10.3. The first-order valence-corrected chi connectivity index (χ1v) is 6.36. The Bertz CT molecular complexity index is 691. The second-order valence-electron chi connectivity index (χ2n) is 4.94. The van der Waals surface area contributed by atoms with Gasteiger partial charge in [0.25, 0.3) is 0 Å². The molecule has 0 amide bonds. The maximum Gasteiger partial charge on any atom is 0.335 e. The average Bonchev–Trinajstić information content (AvgIpc) is 3.06. The largest absolute Gasteiger partial charge is 0.478 e. The van der Waals surface area contributed by atoms with Crippen LogP contribution >= 0.6 is 0 Å². The molecule has 0 spiro atoms. The van der Waals surface area contributed by atoms with E-state index in [1.807, 2.05) is 6.19 Å². The Labute approximate surface area is 110 Å². The van der Waals surface area contributed by atoms with Crippen LogP contribution in [0.1, 0.15) is 47.5 Å². The highest BCUT2D eigenvalue weighted by Crippen LogP contribution is 2.38. The number of aromatic carboxylic acids is 1. The highest BCUT2D eigenvalue weighted by Gasteiger charge is 2.22. The van der Waals surface area contributed by atoms with Crippen LogP contribution in [0.5, 0.6) is 0 Å². The minimum Gasteiger partial charge on any atom is -0.478 e. The van der Waals surface area contributed by atoms with Crippen molar-refractivity contribution in [3.63, 3.8) is 0 Å². The number of carboxylic acids is 1. The number of fused-ring (bicyclic) bond motifs is 1. The Kier molecular flexibility index (Phi) is 2.71. The van der Waals surface area contributed by atoms with Crippen LogP contribution in [0.15, 0.2) is 18.3 Å². The summed E-state index contributed by atoms with van der Waals surface area (Å²) in [4.78, 5) is 11.2. The van der Waals surface area contributed by atoms with Crippen LogP contribution in [0, 0.1) is 11.5 Å². The van der Waals surface area contributed by atoms with Gasteiger partial charge in [-0.1, -0.05) is 12.8 Å². The van der Waals surface area contributed by atoms with E-state index >= 15 is 0 Å². The number of aromatic nitrogens is 2. The van der Waals surface area contributed by atoms with E-state index < -0.39 is 5.97 Å². The molecule has 3 rings (SSSR count). The maximum absolute atomic E-state index is 11.2. The number of carbonyl (C=O) groups is 1. The van der Waals surface area contributed by atoms with E-state index in [9.17, 15) is 9.90 Å². The molecular weight excluding hydrogens is 242 g/mol. The molecule has 5 nitrogen and oxygen atoms in total. The van der Waals surface area contributed by atoms with Gasteiger partial charge in [0.15, 0.2) is 0 Å². The quantitative estimate of drug-likeness (QED) is 0.894. The summed E-state index contributed by atoms with van der Waals surface area (Å²) in [6, 6.07) is 3.26. The standard InChI is InChI=1S/C14H13N3O2/c15-8-17-13-6-10(14(18)19)5-11(12(13)7-16-17)9-3-1-2-4-9/h5-7,9H,1-4H2,(H,18,19). The predicted molar refractivity (Wildman–Crippen MR) is 68.9 cm³/mol. The molecule has 1 aromatic heterocycles. The summed E-state index contributed by atoms with van der Waals surface area (Å²) in [6.45, 7) is 0. The zero-order chi connectivity index (χ0) is 13.4. The van der Waals surface area contributed by atoms with Crippen molar-refractivity contribution < 1.29 is 9.90 Å². The van der Waals surface area contributed by atoms with Crippen LogP contribution in [0.2, 0.25) is 0 Å². The van der Waals surface area contributed by atoms with Crippen molar-refractivity contribution in [1.29, 1.82) is 5.26 Å². The number of nitrogens with zero attached hydrogens (tertiary/aromatic N) is 3. The fraction of sp³-hybridized carbons (Fsp3) is 0.357. The van der Waals surface area contributed by atoms with Gasteiger partial charge in [-0.15, -0.1) is 0 Å². The molecule has 1 N–H and O–H groups in total. The highest BCUT2D eigenvalue weighted by atomic mass is 16.4. The van der Waals surface area contributed by atoms with Gasteiger partial charge in [0, 0.05) is 5.39 Å². The van der Waals surface area contributed by atoms with Crippen molar-refractivity contribution in [2.45, 2.75) is 31.6 Å². The lowest BCUT2D eigenvalue weighted by Gasteiger charge is -2.12. The van der Waals surface area contributed by atoms with Gasteiger partial charge in [-0.2, -0.15) is 15.0 Å². The lowest BCUT2D eigenvalue weighted by atomic mass is 9.93. The zero-order valence-corrected chi connectivity index (χ0v) is 10.3. The van der Waals surface area contributed by atoms with Gasteiger partial charge in [0.05, 0.1) is 17.3 Å². The Morgan fingerprint density at radius 2 is 2.16 bits per heavy atom. The molecule has 1 heterocycles. The molecule has 0 radical (unpaired) electrons. The second kappa shape index (κ2) is 4.39. The SMILES string of the molecule is N#Cn1ncc2c(C3CCCC3)cc(C(=O)O)cc21.